The molecule has 116 valence electrons. The lowest BCUT2D eigenvalue weighted by atomic mass is 9.93. The fourth-order valence-corrected chi connectivity index (χ4v) is 3.45. The molecule has 0 radical (unpaired) electrons. The average Bonchev–Trinajstić information content (AvgIpc) is 2.74. The van der Waals surface area contributed by atoms with E-state index in [0.29, 0.717) is 18.5 Å². The molecule has 21 heavy (non-hydrogen) atoms. The van der Waals surface area contributed by atoms with Crippen LogP contribution >= 0.6 is 15.9 Å². The number of benzene rings is 1. The fourth-order valence-electron chi connectivity index (χ4n) is 3.10. The van der Waals surface area contributed by atoms with E-state index in [1.807, 2.05) is 12.1 Å². The summed E-state index contributed by atoms with van der Waals surface area (Å²) in [6.07, 6.45) is 7.88. The molecule has 0 spiro atoms. The third-order valence-electron chi connectivity index (χ3n) is 4.47. The van der Waals surface area contributed by atoms with Gasteiger partial charge in [0.2, 0.25) is 0 Å². The number of nitro groups is 1. The van der Waals surface area contributed by atoms with Gasteiger partial charge in [0.1, 0.15) is 0 Å². The molecule has 1 aliphatic rings. The number of rotatable bonds is 5. The van der Waals surface area contributed by atoms with Crippen LogP contribution in [0.5, 0.6) is 0 Å². The highest BCUT2D eigenvalue weighted by Crippen LogP contribution is 2.27. The molecule has 0 amide bonds. The van der Waals surface area contributed by atoms with E-state index in [2.05, 4.69) is 28.2 Å². The van der Waals surface area contributed by atoms with Gasteiger partial charge in [-0.15, -0.1) is 0 Å². The Hall–Kier alpha value is -0.940. The Morgan fingerprint density at radius 1 is 1.33 bits per heavy atom. The van der Waals surface area contributed by atoms with Gasteiger partial charge in [-0.05, 0) is 37.8 Å². The first kappa shape index (κ1) is 16.4. The van der Waals surface area contributed by atoms with Gasteiger partial charge in [-0.25, -0.2) is 0 Å². The average molecular weight is 355 g/mol. The maximum atomic E-state index is 11.1. The largest absolute Gasteiger partial charge is 0.310 e. The lowest BCUT2D eigenvalue weighted by molar-refractivity contribution is -0.385. The van der Waals surface area contributed by atoms with Crippen molar-refractivity contribution in [1.82, 2.24) is 5.32 Å². The summed E-state index contributed by atoms with van der Waals surface area (Å²) in [5.74, 6) is 0.696. The normalized spacial score (nSPS) is 18.2. The quantitative estimate of drug-likeness (QED) is 0.469. The van der Waals surface area contributed by atoms with Crippen LogP contribution in [0, 0.1) is 16.0 Å². The Morgan fingerprint density at radius 2 is 2.00 bits per heavy atom. The summed E-state index contributed by atoms with van der Waals surface area (Å²) in [4.78, 5) is 10.8. The maximum absolute atomic E-state index is 11.1. The Kier molecular flexibility index (Phi) is 6.18. The third kappa shape index (κ3) is 4.78. The number of hydrogen-bond donors (Lipinski definition) is 1. The smallest absolute Gasteiger partial charge is 0.275 e. The zero-order valence-electron chi connectivity index (χ0n) is 12.5. The van der Waals surface area contributed by atoms with Crippen molar-refractivity contribution in [1.29, 1.82) is 0 Å². The van der Waals surface area contributed by atoms with Crippen LogP contribution in [-0.4, -0.2) is 11.0 Å². The van der Waals surface area contributed by atoms with Crippen LogP contribution in [0.3, 0.4) is 0 Å². The summed E-state index contributed by atoms with van der Waals surface area (Å²) < 4.78 is 0.745. The Balaban J connectivity index is 1.97. The van der Waals surface area contributed by atoms with E-state index in [-0.39, 0.29) is 10.6 Å². The van der Waals surface area contributed by atoms with Gasteiger partial charge >= 0.3 is 0 Å². The van der Waals surface area contributed by atoms with E-state index in [1.54, 1.807) is 6.07 Å². The lowest BCUT2D eigenvalue weighted by Crippen LogP contribution is -2.33. The summed E-state index contributed by atoms with van der Waals surface area (Å²) in [5, 5.41) is 14.6. The zero-order valence-corrected chi connectivity index (χ0v) is 14.1. The molecular weight excluding hydrogens is 332 g/mol. The Labute approximate surface area is 134 Å². The topological polar surface area (TPSA) is 55.2 Å². The van der Waals surface area contributed by atoms with Gasteiger partial charge in [0.05, 0.1) is 4.92 Å². The molecule has 1 aromatic carbocycles. The van der Waals surface area contributed by atoms with Gasteiger partial charge in [0.15, 0.2) is 0 Å². The predicted octanol–water partition coefficient (Wildman–Crippen LogP) is 4.81. The highest BCUT2D eigenvalue weighted by Gasteiger charge is 2.20. The number of halogens is 1. The molecule has 0 saturated heterocycles. The van der Waals surface area contributed by atoms with Crippen LogP contribution in [-0.2, 0) is 6.54 Å². The van der Waals surface area contributed by atoms with Crippen molar-refractivity contribution in [3.8, 4) is 0 Å². The first-order valence-corrected chi connectivity index (χ1v) is 8.53. The van der Waals surface area contributed by atoms with Crippen molar-refractivity contribution in [3.05, 3.63) is 38.3 Å². The van der Waals surface area contributed by atoms with Crippen LogP contribution in [0.4, 0.5) is 5.69 Å². The minimum Gasteiger partial charge on any atom is -0.310 e. The van der Waals surface area contributed by atoms with Crippen LogP contribution in [0.25, 0.3) is 0 Å². The van der Waals surface area contributed by atoms with Crippen molar-refractivity contribution in [2.24, 2.45) is 5.92 Å². The van der Waals surface area contributed by atoms with Crippen molar-refractivity contribution in [3.63, 3.8) is 0 Å². The molecule has 1 fully saturated rings. The lowest BCUT2D eigenvalue weighted by Gasteiger charge is -2.23. The molecule has 0 heterocycles. The third-order valence-corrected chi connectivity index (χ3v) is 4.96. The van der Waals surface area contributed by atoms with Crippen molar-refractivity contribution in [2.75, 3.05) is 0 Å². The second kappa shape index (κ2) is 7.90. The van der Waals surface area contributed by atoms with E-state index in [1.165, 1.54) is 38.5 Å². The van der Waals surface area contributed by atoms with E-state index in [0.717, 1.165) is 10.0 Å². The van der Waals surface area contributed by atoms with E-state index < -0.39 is 0 Å². The van der Waals surface area contributed by atoms with Crippen LogP contribution in [0.2, 0.25) is 0 Å². The molecule has 1 atom stereocenters. The van der Waals surface area contributed by atoms with Crippen LogP contribution in [0.15, 0.2) is 22.7 Å². The van der Waals surface area contributed by atoms with Gasteiger partial charge in [-0.2, -0.15) is 0 Å². The van der Waals surface area contributed by atoms with Crippen LogP contribution < -0.4 is 5.32 Å². The molecule has 0 aliphatic heterocycles. The first-order valence-electron chi connectivity index (χ1n) is 7.74. The number of hydrogen-bond acceptors (Lipinski definition) is 3. The molecule has 5 heteroatoms. The van der Waals surface area contributed by atoms with E-state index in [4.69, 9.17) is 0 Å². The molecule has 0 aromatic heterocycles. The molecule has 2 rings (SSSR count). The number of nitro benzene ring substituents is 1. The van der Waals surface area contributed by atoms with Crippen molar-refractivity contribution in [2.45, 2.75) is 58.0 Å². The summed E-state index contributed by atoms with van der Waals surface area (Å²) in [6.45, 7) is 2.77. The van der Waals surface area contributed by atoms with Gasteiger partial charge in [-0.1, -0.05) is 41.6 Å². The summed E-state index contributed by atoms with van der Waals surface area (Å²) >= 11 is 3.29. The predicted molar refractivity (Wildman–Crippen MR) is 88.3 cm³/mol. The second-order valence-electron chi connectivity index (χ2n) is 5.95. The Bertz CT molecular complexity index is 485. The minimum absolute atomic E-state index is 0.185. The molecule has 1 N–H and O–H groups in total. The molecular formula is C16H23BrN2O2. The van der Waals surface area contributed by atoms with Gasteiger partial charge in [0.25, 0.3) is 5.69 Å². The van der Waals surface area contributed by atoms with Gasteiger partial charge < -0.3 is 5.32 Å². The number of nitrogens with one attached hydrogen (secondary N) is 1. The first-order chi connectivity index (χ1) is 10.1. The maximum Gasteiger partial charge on any atom is 0.275 e. The molecule has 1 aliphatic carbocycles. The summed E-state index contributed by atoms with van der Waals surface area (Å²) in [5.41, 5.74) is 0.939. The van der Waals surface area contributed by atoms with E-state index in [9.17, 15) is 10.1 Å². The second-order valence-corrected chi connectivity index (χ2v) is 6.87. The summed E-state index contributed by atoms with van der Waals surface area (Å²) in [7, 11) is 0. The van der Waals surface area contributed by atoms with Gasteiger partial charge in [-0.3, -0.25) is 10.1 Å². The SMILES string of the molecule is C[C@H](NCc1ccc(Br)cc1[N+](=O)[O-])C1CCCCCC1. The number of nitrogens with zero attached hydrogens (tertiary/aromatic N) is 1. The zero-order chi connectivity index (χ0) is 15.2. The monoisotopic (exact) mass is 354 g/mol. The standard InChI is InChI=1S/C16H23BrN2O2/c1-12(13-6-4-2-3-5-7-13)18-11-14-8-9-15(17)10-16(14)19(20)21/h8-10,12-13,18H,2-7,11H2,1H3/t12-/m0/s1. The molecule has 0 unspecified atom stereocenters. The van der Waals surface area contributed by atoms with Gasteiger partial charge in [0, 0.05) is 28.7 Å². The van der Waals surface area contributed by atoms with Crippen molar-refractivity contribution >= 4 is 21.6 Å². The molecule has 1 aromatic rings. The highest BCUT2D eigenvalue weighted by molar-refractivity contribution is 9.10. The van der Waals surface area contributed by atoms with Crippen LogP contribution in [0.1, 0.15) is 51.0 Å². The molecule has 1 saturated carbocycles. The van der Waals surface area contributed by atoms with Crippen molar-refractivity contribution < 1.29 is 4.92 Å². The fraction of sp³-hybridized carbons (Fsp3) is 0.625. The van der Waals surface area contributed by atoms with E-state index >= 15 is 0 Å². The molecule has 0 bridgehead atoms. The molecule has 4 nitrogen and oxygen atoms in total. The summed E-state index contributed by atoms with van der Waals surface area (Å²) in [6, 6.07) is 5.68. The Morgan fingerprint density at radius 3 is 2.62 bits per heavy atom. The minimum atomic E-state index is -0.307. The highest BCUT2D eigenvalue weighted by atomic mass is 79.9.